The summed E-state index contributed by atoms with van der Waals surface area (Å²) >= 11 is 0. The summed E-state index contributed by atoms with van der Waals surface area (Å²) in [6, 6.07) is 3.55. The molecule has 1 aromatic rings. The number of carbonyl (C=O) groups is 2. The van der Waals surface area contributed by atoms with E-state index in [2.05, 4.69) is 10.6 Å². The van der Waals surface area contributed by atoms with Crippen LogP contribution in [0.25, 0.3) is 0 Å². The third-order valence-corrected chi connectivity index (χ3v) is 3.41. The van der Waals surface area contributed by atoms with Crippen molar-refractivity contribution in [2.45, 2.75) is 45.8 Å². The SMILES string of the molecule is COc1ccc(CN(C)C(C)C(=O)NC(=O)NC(C)(C)C)cc1F. The summed E-state index contributed by atoms with van der Waals surface area (Å²) in [4.78, 5) is 25.6. The van der Waals surface area contributed by atoms with Crippen molar-refractivity contribution in [3.63, 3.8) is 0 Å². The van der Waals surface area contributed by atoms with Gasteiger partial charge in [0.15, 0.2) is 11.6 Å². The molecule has 0 heterocycles. The average molecular weight is 339 g/mol. The number of amides is 3. The highest BCUT2D eigenvalue weighted by Gasteiger charge is 2.22. The van der Waals surface area contributed by atoms with Crippen LogP contribution in [0.1, 0.15) is 33.3 Å². The van der Waals surface area contributed by atoms with E-state index in [1.165, 1.54) is 13.2 Å². The van der Waals surface area contributed by atoms with E-state index in [9.17, 15) is 14.0 Å². The zero-order chi connectivity index (χ0) is 18.5. The fourth-order valence-corrected chi connectivity index (χ4v) is 2.02. The van der Waals surface area contributed by atoms with Crippen LogP contribution in [-0.4, -0.2) is 42.6 Å². The number of urea groups is 1. The van der Waals surface area contributed by atoms with Crippen molar-refractivity contribution < 1.29 is 18.7 Å². The van der Waals surface area contributed by atoms with Crippen molar-refractivity contribution in [1.82, 2.24) is 15.5 Å². The lowest BCUT2D eigenvalue weighted by Crippen LogP contribution is -2.52. The molecular weight excluding hydrogens is 313 g/mol. The monoisotopic (exact) mass is 339 g/mol. The topological polar surface area (TPSA) is 70.7 Å². The molecule has 0 aromatic heterocycles. The van der Waals surface area contributed by atoms with E-state index in [-0.39, 0.29) is 5.75 Å². The van der Waals surface area contributed by atoms with Gasteiger partial charge < -0.3 is 10.1 Å². The van der Waals surface area contributed by atoms with Gasteiger partial charge in [0, 0.05) is 12.1 Å². The van der Waals surface area contributed by atoms with Gasteiger partial charge in [0.05, 0.1) is 13.2 Å². The normalized spacial score (nSPS) is 12.7. The third kappa shape index (κ3) is 6.16. The Morgan fingerprint density at radius 1 is 1.33 bits per heavy atom. The van der Waals surface area contributed by atoms with E-state index in [0.29, 0.717) is 12.1 Å². The van der Waals surface area contributed by atoms with Crippen molar-refractivity contribution in [2.75, 3.05) is 14.2 Å². The maximum absolute atomic E-state index is 13.7. The van der Waals surface area contributed by atoms with Crippen LogP contribution >= 0.6 is 0 Å². The van der Waals surface area contributed by atoms with Crippen molar-refractivity contribution in [3.8, 4) is 5.75 Å². The van der Waals surface area contributed by atoms with Gasteiger partial charge in [-0.25, -0.2) is 9.18 Å². The van der Waals surface area contributed by atoms with Gasteiger partial charge in [-0.15, -0.1) is 0 Å². The van der Waals surface area contributed by atoms with Crippen LogP contribution in [0.3, 0.4) is 0 Å². The molecule has 1 rings (SSSR count). The standard InChI is InChI=1S/C17H26FN3O3/c1-11(15(22)19-16(23)20-17(2,3)4)21(5)10-12-7-8-14(24-6)13(18)9-12/h7-9,11H,10H2,1-6H3,(H2,19,20,22,23). The highest BCUT2D eigenvalue weighted by Crippen LogP contribution is 2.18. The Labute approximate surface area is 142 Å². The van der Waals surface area contributed by atoms with Crippen molar-refractivity contribution in [2.24, 2.45) is 0 Å². The molecule has 1 atom stereocenters. The predicted molar refractivity (Wildman–Crippen MR) is 90.3 cm³/mol. The number of hydrogen-bond donors (Lipinski definition) is 2. The Kier molecular flexibility index (Phi) is 6.71. The Bertz CT molecular complexity index is 599. The lowest BCUT2D eigenvalue weighted by Gasteiger charge is -2.25. The largest absolute Gasteiger partial charge is 0.494 e. The first-order valence-electron chi connectivity index (χ1n) is 7.69. The number of methoxy groups -OCH3 is 1. The van der Waals surface area contributed by atoms with Gasteiger partial charge >= 0.3 is 6.03 Å². The zero-order valence-corrected chi connectivity index (χ0v) is 15.1. The summed E-state index contributed by atoms with van der Waals surface area (Å²) in [6.07, 6.45) is 0. The molecule has 3 amide bonds. The van der Waals surface area contributed by atoms with Gasteiger partial charge in [-0.2, -0.15) is 0 Å². The van der Waals surface area contributed by atoms with E-state index < -0.39 is 29.3 Å². The number of nitrogens with zero attached hydrogens (tertiary/aromatic N) is 1. The summed E-state index contributed by atoms with van der Waals surface area (Å²) < 4.78 is 18.6. The number of rotatable bonds is 5. The van der Waals surface area contributed by atoms with E-state index in [0.717, 1.165) is 0 Å². The zero-order valence-electron chi connectivity index (χ0n) is 15.1. The van der Waals surface area contributed by atoms with Crippen LogP contribution in [0.15, 0.2) is 18.2 Å². The van der Waals surface area contributed by atoms with Crippen molar-refractivity contribution >= 4 is 11.9 Å². The number of likely N-dealkylation sites (N-methyl/N-ethyl adjacent to an activating group) is 1. The van der Waals surface area contributed by atoms with Crippen LogP contribution in [0, 0.1) is 5.82 Å². The molecule has 134 valence electrons. The minimum Gasteiger partial charge on any atom is -0.494 e. The number of hydrogen-bond acceptors (Lipinski definition) is 4. The summed E-state index contributed by atoms with van der Waals surface area (Å²) in [7, 11) is 3.13. The number of imide groups is 1. The van der Waals surface area contributed by atoms with Crippen LogP contribution in [0.2, 0.25) is 0 Å². The van der Waals surface area contributed by atoms with Crippen LogP contribution in [0.4, 0.5) is 9.18 Å². The molecule has 0 aliphatic heterocycles. The fraction of sp³-hybridized carbons (Fsp3) is 0.529. The van der Waals surface area contributed by atoms with Gasteiger partial charge in [0.2, 0.25) is 5.91 Å². The molecule has 0 saturated carbocycles. The molecule has 2 N–H and O–H groups in total. The average Bonchev–Trinajstić information content (AvgIpc) is 2.44. The fourth-order valence-electron chi connectivity index (χ4n) is 2.02. The molecule has 1 unspecified atom stereocenters. The molecule has 0 fully saturated rings. The lowest BCUT2D eigenvalue weighted by atomic mass is 10.1. The minimum absolute atomic E-state index is 0.172. The van der Waals surface area contributed by atoms with Crippen LogP contribution in [0.5, 0.6) is 5.75 Å². The minimum atomic E-state index is -0.555. The molecule has 24 heavy (non-hydrogen) atoms. The molecule has 0 radical (unpaired) electrons. The Morgan fingerprint density at radius 2 is 1.96 bits per heavy atom. The van der Waals surface area contributed by atoms with Crippen molar-refractivity contribution in [1.29, 1.82) is 0 Å². The van der Waals surface area contributed by atoms with E-state index in [1.54, 1.807) is 31.0 Å². The summed E-state index contributed by atoms with van der Waals surface area (Å²) in [5.74, 6) is -0.704. The van der Waals surface area contributed by atoms with Gasteiger partial charge in [-0.3, -0.25) is 15.0 Å². The molecule has 0 saturated heterocycles. The molecule has 1 aromatic carbocycles. The maximum Gasteiger partial charge on any atom is 0.321 e. The molecule has 0 aliphatic carbocycles. The highest BCUT2D eigenvalue weighted by atomic mass is 19.1. The number of carbonyl (C=O) groups excluding carboxylic acids is 2. The smallest absolute Gasteiger partial charge is 0.321 e. The van der Waals surface area contributed by atoms with Crippen molar-refractivity contribution in [3.05, 3.63) is 29.6 Å². The first kappa shape index (κ1) is 19.9. The Balaban J connectivity index is 2.63. The number of halogens is 1. The second-order valence-electron chi connectivity index (χ2n) is 6.75. The summed E-state index contributed by atoms with van der Waals surface area (Å²) in [5, 5.41) is 4.97. The van der Waals surface area contributed by atoms with E-state index >= 15 is 0 Å². The van der Waals surface area contributed by atoms with Gasteiger partial charge in [-0.05, 0) is 52.4 Å². The highest BCUT2D eigenvalue weighted by molar-refractivity contribution is 5.97. The first-order chi connectivity index (χ1) is 11.0. The number of nitrogens with one attached hydrogen (secondary N) is 2. The van der Waals surface area contributed by atoms with Crippen LogP contribution in [-0.2, 0) is 11.3 Å². The van der Waals surface area contributed by atoms with Gasteiger partial charge in [-0.1, -0.05) is 6.07 Å². The number of benzene rings is 1. The second kappa shape index (κ2) is 8.10. The molecule has 0 aliphatic rings. The van der Waals surface area contributed by atoms with Gasteiger partial charge in [0.25, 0.3) is 0 Å². The first-order valence-corrected chi connectivity index (χ1v) is 7.69. The van der Waals surface area contributed by atoms with E-state index in [1.807, 2.05) is 20.8 Å². The summed E-state index contributed by atoms with van der Waals surface area (Å²) in [5.41, 5.74) is 0.273. The summed E-state index contributed by atoms with van der Waals surface area (Å²) in [6.45, 7) is 7.51. The van der Waals surface area contributed by atoms with E-state index in [4.69, 9.17) is 4.74 Å². The molecule has 0 spiro atoms. The Morgan fingerprint density at radius 3 is 2.46 bits per heavy atom. The van der Waals surface area contributed by atoms with Crippen LogP contribution < -0.4 is 15.4 Å². The lowest BCUT2D eigenvalue weighted by molar-refractivity contribution is -0.124. The molecule has 6 nitrogen and oxygen atoms in total. The Hall–Kier alpha value is -2.15. The number of ether oxygens (including phenoxy) is 1. The predicted octanol–water partition coefficient (Wildman–Crippen LogP) is 2.28. The maximum atomic E-state index is 13.7. The molecule has 7 heteroatoms. The second-order valence-corrected chi connectivity index (χ2v) is 6.75. The quantitative estimate of drug-likeness (QED) is 0.863. The molecular formula is C17H26FN3O3. The van der Waals surface area contributed by atoms with Gasteiger partial charge in [0.1, 0.15) is 0 Å². The molecule has 0 bridgehead atoms. The third-order valence-electron chi connectivity index (χ3n) is 3.41.